The van der Waals surface area contributed by atoms with Gasteiger partial charge < -0.3 is 10.1 Å². The lowest BCUT2D eigenvalue weighted by atomic mass is 10.2. The third-order valence-electron chi connectivity index (χ3n) is 3.92. The van der Waals surface area contributed by atoms with Crippen LogP contribution in [0.1, 0.15) is 31.9 Å². The molecular formula is C20H21N3O3. The molecule has 1 aromatic carbocycles. The molecular weight excluding hydrogens is 330 g/mol. The molecule has 0 radical (unpaired) electrons. The number of rotatable bonds is 7. The lowest BCUT2D eigenvalue weighted by Crippen LogP contribution is -2.16. The fraction of sp³-hybridized carbons (Fsp3) is 0.250. The summed E-state index contributed by atoms with van der Waals surface area (Å²) in [5, 5.41) is 2.87. The van der Waals surface area contributed by atoms with Crippen molar-refractivity contribution in [2.24, 2.45) is 0 Å². The number of carbonyl (C=O) groups excluding carboxylic acids is 1. The second-order valence-electron chi connectivity index (χ2n) is 5.95. The first-order valence-electron chi connectivity index (χ1n) is 8.66. The number of aromatic nitrogens is 2. The first-order valence-corrected chi connectivity index (χ1v) is 8.66. The van der Waals surface area contributed by atoms with Gasteiger partial charge in [0.15, 0.2) is 0 Å². The van der Waals surface area contributed by atoms with Gasteiger partial charge in [0.25, 0.3) is 5.56 Å². The van der Waals surface area contributed by atoms with E-state index in [1.807, 2.05) is 25.1 Å². The molecule has 0 unspecified atom stereocenters. The monoisotopic (exact) mass is 351 g/mol. The van der Waals surface area contributed by atoms with Gasteiger partial charge in [-0.25, -0.2) is 4.98 Å². The van der Waals surface area contributed by atoms with E-state index in [1.165, 1.54) is 10.5 Å². The highest BCUT2D eigenvalue weighted by Crippen LogP contribution is 2.24. The Kier molecular flexibility index (Phi) is 5.63. The number of nitrogens with one attached hydrogen (secondary N) is 1. The zero-order chi connectivity index (χ0) is 18.4. The van der Waals surface area contributed by atoms with Crippen LogP contribution in [0.25, 0.3) is 5.65 Å². The van der Waals surface area contributed by atoms with Crippen molar-refractivity contribution in [1.82, 2.24) is 9.38 Å². The van der Waals surface area contributed by atoms with Crippen LogP contribution < -0.4 is 15.6 Å². The zero-order valence-corrected chi connectivity index (χ0v) is 14.6. The van der Waals surface area contributed by atoms with Gasteiger partial charge in [0.05, 0.1) is 11.4 Å². The van der Waals surface area contributed by atoms with E-state index >= 15 is 0 Å². The molecule has 0 bridgehead atoms. The van der Waals surface area contributed by atoms with Gasteiger partial charge in [-0.2, -0.15) is 0 Å². The molecule has 3 aromatic rings. The number of hydrogen-bond acceptors (Lipinski definition) is 4. The molecule has 0 atom stereocenters. The molecule has 134 valence electrons. The number of para-hydroxylation sites is 2. The Balaban J connectivity index is 1.74. The van der Waals surface area contributed by atoms with Gasteiger partial charge in [0.2, 0.25) is 5.91 Å². The summed E-state index contributed by atoms with van der Waals surface area (Å²) in [6, 6.07) is 14.1. The lowest BCUT2D eigenvalue weighted by Gasteiger charge is -2.12. The number of unbranched alkanes of at least 4 members (excludes halogenated alkanes) is 1. The predicted octanol–water partition coefficient (Wildman–Crippen LogP) is 3.40. The van der Waals surface area contributed by atoms with Crippen LogP contribution in [-0.4, -0.2) is 15.3 Å². The Bertz CT molecular complexity index is 966. The van der Waals surface area contributed by atoms with E-state index in [9.17, 15) is 9.59 Å². The molecule has 26 heavy (non-hydrogen) atoms. The minimum atomic E-state index is -0.157. The van der Waals surface area contributed by atoms with Crippen molar-refractivity contribution in [3.8, 4) is 5.75 Å². The maximum absolute atomic E-state index is 12.1. The summed E-state index contributed by atoms with van der Waals surface area (Å²) >= 11 is 0. The predicted molar refractivity (Wildman–Crippen MR) is 100 cm³/mol. The normalized spacial score (nSPS) is 10.7. The summed E-state index contributed by atoms with van der Waals surface area (Å²) < 4.78 is 7.28. The molecule has 0 saturated heterocycles. The van der Waals surface area contributed by atoms with Crippen molar-refractivity contribution in [2.75, 3.05) is 5.32 Å². The minimum Gasteiger partial charge on any atom is -0.485 e. The number of carbonyl (C=O) groups is 1. The first kappa shape index (κ1) is 17.7. The molecule has 0 aliphatic carbocycles. The van der Waals surface area contributed by atoms with Crippen LogP contribution in [0.15, 0.2) is 59.5 Å². The Morgan fingerprint density at radius 1 is 1.19 bits per heavy atom. The molecule has 2 heterocycles. The van der Waals surface area contributed by atoms with Crippen LogP contribution in [0, 0.1) is 0 Å². The highest BCUT2D eigenvalue weighted by molar-refractivity contribution is 5.92. The first-order chi connectivity index (χ1) is 12.7. The van der Waals surface area contributed by atoms with Crippen molar-refractivity contribution in [1.29, 1.82) is 0 Å². The number of nitrogens with zero attached hydrogens (tertiary/aromatic N) is 2. The smallest absolute Gasteiger partial charge is 0.258 e. The number of fused-ring (bicyclic) bond motifs is 1. The van der Waals surface area contributed by atoms with Gasteiger partial charge >= 0.3 is 0 Å². The Labute approximate surface area is 151 Å². The van der Waals surface area contributed by atoms with Gasteiger partial charge in [-0.05, 0) is 30.7 Å². The molecule has 3 rings (SSSR count). The number of hydrogen-bond donors (Lipinski definition) is 1. The Morgan fingerprint density at radius 3 is 2.85 bits per heavy atom. The van der Waals surface area contributed by atoms with E-state index in [-0.39, 0.29) is 18.1 Å². The number of benzene rings is 1. The molecule has 6 heteroatoms. The average Bonchev–Trinajstić information content (AvgIpc) is 2.66. The van der Waals surface area contributed by atoms with Crippen LogP contribution in [0.3, 0.4) is 0 Å². The molecule has 1 N–H and O–H groups in total. The van der Waals surface area contributed by atoms with E-state index in [1.54, 1.807) is 30.5 Å². The summed E-state index contributed by atoms with van der Waals surface area (Å²) in [6.45, 7) is 2.19. The highest BCUT2D eigenvalue weighted by atomic mass is 16.5. The molecule has 0 saturated carbocycles. The van der Waals surface area contributed by atoms with Crippen LogP contribution in [-0.2, 0) is 11.4 Å². The molecule has 0 aliphatic heterocycles. The van der Waals surface area contributed by atoms with E-state index < -0.39 is 0 Å². The van der Waals surface area contributed by atoms with Crippen molar-refractivity contribution in [3.63, 3.8) is 0 Å². The zero-order valence-electron chi connectivity index (χ0n) is 14.6. The van der Waals surface area contributed by atoms with Gasteiger partial charge in [0.1, 0.15) is 18.0 Å². The SMILES string of the molecule is CCCCC(=O)Nc1ccccc1OCc1cc(=O)n2ccccc2n1. The fourth-order valence-corrected chi connectivity index (χ4v) is 2.57. The standard InChI is InChI=1S/C20H21N3O3/c1-2-3-11-19(24)22-16-8-4-5-9-17(16)26-14-15-13-20(25)23-12-7-6-10-18(23)21-15/h4-10,12-13H,2-3,11,14H2,1H3,(H,22,24). The van der Waals surface area contributed by atoms with Gasteiger partial charge in [0, 0.05) is 18.7 Å². The van der Waals surface area contributed by atoms with E-state index in [2.05, 4.69) is 10.3 Å². The number of ether oxygens (including phenoxy) is 1. The van der Waals surface area contributed by atoms with E-state index in [4.69, 9.17) is 4.74 Å². The Morgan fingerprint density at radius 2 is 2.00 bits per heavy atom. The highest BCUT2D eigenvalue weighted by Gasteiger charge is 2.09. The van der Waals surface area contributed by atoms with Gasteiger partial charge in [-0.1, -0.05) is 31.5 Å². The third-order valence-corrected chi connectivity index (χ3v) is 3.92. The summed E-state index contributed by atoms with van der Waals surface area (Å²) in [7, 11) is 0. The van der Waals surface area contributed by atoms with Crippen LogP contribution in [0.5, 0.6) is 5.75 Å². The molecule has 0 spiro atoms. The van der Waals surface area contributed by atoms with Crippen LogP contribution >= 0.6 is 0 Å². The molecule has 2 aromatic heterocycles. The second kappa shape index (κ2) is 8.29. The summed E-state index contributed by atoms with van der Waals surface area (Å²) in [6.07, 6.45) is 3.97. The van der Waals surface area contributed by atoms with Gasteiger partial charge in [-0.15, -0.1) is 0 Å². The molecule has 6 nitrogen and oxygen atoms in total. The van der Waals surface area contributed by atoms with Crippen molar-refractivity contribution in [3.05, 3.63) is 70.8 Å². The quantitative estimate of drug-likeness (QED) is 0.708. The minimum absolute atomic E-state index is 0.0371. The largest absolute Gasteiger partial charge is 0.485 e. The summed E-state index contributed by atoms with van der Waals surface area (Å²) in [5.41, 5.74) is 1.56. The number of amides is 1. The topological polar surface area (TPSA) is 72.7 Å². The van der Waals surface area contributed by atoms with Crippen molar-refractivity contribution >= 4 is 17.2 Å². The maximum Gasteiger partial charge on any atom is 0.258 e. The number of anilines is 1. The molecule has 0 aliphatic rings. The third kappa shape index (κ3) is 4.27. The Hall–Kier alpha value is -3.15. The molecule has 1 amide bonds. The fourth-order valence-electron chi connectivity index (χ4n) is 2.57. The summed E-state index contributed by atoms with van der Waals surface area (Å²) in [4.78, 5) is 28.5. The molecule has 0 fully saturated rings. The van der Waals surface area contributed by atoms with Crippen molar-refractivity contribution in [2.45, 2.75) is 32.8 Å². The average molecular weight is 351 g/mol. The van der Waals surface area contributed by atoms with Gasteiger partial charge in [-0.3, -0.25) is 14.0 Å². The van der Waals surface area contributed by atoms with Crippen LogP contribution in [0.4, 0.5) is 5.69 Å². The lowest BCUT2D eigenvalue weighted by molar-refractivity contribution is -0.116. The number of pyridine rings is 1. The van der Waals surface area contributed by atoms with Crippen molar-refractivity contribution < 1.29 is 9.53 Å². The summed E-state index contributed by atoms with van der Waals surface area (Å²) in [5.74, 6) is 0.511. The van der Waals surface area contributed by atoms with E-state index in [0.717, 1.165) is 12.8 Å². The second-order valence-corrected chi connectivity index (χ2v) is 5.95. The van der Waals surface area contributed by atoms with Crippen LogP contribution in [0.2, 0.25) is 0 Å². The maximum atomic E-state index is 12.1. The van der Waals surface area contributed by atoms with E-state index in [0.29, 0.717) is 29.2 Å².